The Morgan fingerprint density at radius 2 is 0.932 bits per heavy atom. The van der Waals surface area contributed by atoms with Gasteiger partial charge in [-0.3, -0.25) is 53.8 Å². The number of rotatable bonds is 30. The predicted molar refractivity (Wildman–Crippen MR) is 437 cm³/mol. The number of benzene rings is 8. The molecule has 0 spiro atoms. The molecule has 0 saturated heterocycles. The fraction of sp³-hybridized carbons (Fsp3) is 0.366. The molecule has 0 bridgehead atoms. The van der Waals surface area contributed by atoms with Crippen molar-refractivity contribution >= 4 is 70.2 Å². The minimum atomic E-state index is -1.05. The van der Waals surface area contributed by atoms with Crippen molar-refractivity contribution in [2.24, 2.45) is 45.7 Å². The van der Waals surface area contributed by atoms with Crippen LogP contribution in [0.25, 0.3) is 10.9 Å². The van der Waals surface area contributed by atoms with Crippen molar-refractivity contribution in [3.05, 3.63) is 262 Å². The molecule has 1 heterocycles. The molecule has 117 heavy (non-hydrogen) atoms. The van der Waals surface area contributed by atoms with Gasteiger partial charge in [-0.25, -0.2) is 11.0 Å². The number of fused-ring (bicyclic) bond motifs is 2. The molecule has 8 aromatic carbocycles. The van der Waals surface area contributed by atoms with E-state index in [1.165, 1.54) is 48.8 Å². The quantitative estimate of drug-likeness (QED) is 0.00918. The van der Waals surface area contributed by atoms with Gasteiger partial charge >= 0.3 is 29.8 Å². The smallest absolute Gasteiger partial charge is 0.313 e. The molecule has 614 valence electrons. The summed E-state index contributed by atoms with van der Waals surface area (Å²) < 4.78 is 49.5. The number of nitrogens with one attached hydrogen (secondary N) is 2. The fourth-order valence-electron chi connectivity index (χ4n) is 15.4. The Hall–Kier alpha value is -11.6. The van der Waals surface area contributed by atoms with Gasteiger partial charge in [0.15, 0.2) is 0 Å². The number of esters is 5. The van der Waals surface area contributed by atoms with E-state index >= 15 is 0 Å². The molecule has 14 rings (SSSR count). The number of ether oxygens (including phenoxy) is 9. The average molecular weight is 1610 g/mol. The maximum absolute atomic E-state index is 12.7. The Morgan fingerprint density at radius 1 is 0.479 bits per heavy atom. The number of para-hydroxylation sites is 1. The topological polar surface area (TPSA) is 323 Å². The van der Waals surface area contributed by atoms with Gasteiger partial charge < -0.3 is 48.4 Å². The number of hydrogen-bond donors (Lipinski definition) is 5. The number of amides is 3. The highest BCUT2D eigenvalue weighted by Gasteiger charge is 2.68. The van der Waals surface area contributed by atoms with Gasteiger partial charge in [0.05, 0.1) is 78.3 Å². The van der Waals surface area contributed by atoms with E-state index < -0.39 is 74.6 Å². The third-order valence-electron chi connectivity index (χ3n) is 22.0. The number of hydroxylamine groups is 2. The number of carbonyl (C=O) groups excluding carboxylic acids is 8. The normalized spacial score (nSPS) is 20.7. The van der Waals surface area contributed by atoms with Gasteiger partial charge in [0.25, 0.3) is 0 Å². The number of primary amides is 1. The number of thioether (sulfide) groups is 1. The zero-order valence-electron chi connectivity index (χ0n) is 67.2. The number of methoxy groups -OCH3 is 2. The maximum Gasteiger partial charge on any atom is 0.313 e. The lowest BCUT2D eigenvalue weighted by Crippen LogP contribution is -2.35. The number of carbonyl (C=O) groups is 8. The number of nitrogens with zero attached hydrogens (tertiary/aromatic N) is 1. The molecule has 4 fully saturated rings. The molecular formula is C93H102N4O19S. The summed E-state index contributed by atoms with van der Waals surface area (Å²) in [6.45, 7) is 11.4. The van der Waals surface area contributed by atoms with Crippen LogP contribution >= 0.6 is 11.8 Å². The van der Waals surface area contributed by atoms with Gasteiger partial charge in [-0.1, -0.05) is 140 Å². The summed E-state index contributed by atoms with van der Waals surface area (Å²) in [5.74, 6) is -2.80. The number of aryl methyl sites for hydroxylation is 1. The van der Waals surface area contributed by atoms with Crippen LogP contribution < -0.4 is 35.6 Å². The minimum Gasteiger partial charge on any atom is -0.489 e. The van der Waals surface area contributed by atoms with Crippen LogP contribution in [0.15, 0.2) is 211 Å². The SMILES string of the molecule is CCOC(=O)[C@@]1(Cc2ccc(OCc3c4c(nc5ccccc35)CCCC4)cc2)C[C@@H]1C(=O)OC.CCOC(=O)[C@@]1(Cc2ccc(OCc3ccc(SC)cc3)cc2)C[C@@H]1C(=O)NO.COC(=O)[C@]1(Cc2cccc(OCc3ccccc3)c2)C[C@H]1C(=O)OC(C)(C)C.NC(=O)[C@@]1(c2ccc(OCc3ccccc3)cc2)C[C@@H]1C(=O)NO. The molecule has 5 aliphatic rings. The van der Waals surface area contributed by atoms with Gasteiger partial charge in [0.2, 0.25) is 17.7 Å². The first-order chi connectivity index (χ1) is 56.4. The zero-order valence-corrected chi connectivity index (χ0v) is 68.0. The summed E-state index contributed by atoms with van der Waals surface area (Å²) in [4.78, 5) is 104. The summed E-state index contributed by atoms with van der Waals surface area (Å²) in [6, 6.07) is 66.0. The van der Waals surface area contributed by atoms with Gasteiger partial charge in [0.1, 0.15) is 55.0 Å². The van der Waals surface area contributed by atoms with Crippen LogP contribution in [0.4, 0.5) is 0 Å². The highest BCUT2D eigenvalue weighted by Crippen LogP contribution is 2.59. The molecule has 3 amide bonds. The average Bonchev–Trinajstić information content (AvgIpc) is 1.57. The standard InChI is InChI=1S/C29H31NO5.C24H28O5.C22H25NO5S.C18H18N2O4/c1-3-34-28(32)29(17-24(29)27(31)33-2)16-19-12-14-20(15-13-19)35-18-23-21-8-4-6-10-25(21)30-26-11-7-5-9-22(23)26;1-23(2,3)29-21(25)20-15-24(20,22(26)27-4)14-18-11-8-12-19(13-18)28-16-17-9-6-5-7-10-17;1-3-27-21(25)22(13-19(22)20(24)23-26)12-15-4-8-17(9-5-15)28-14-16-6-10-18(29-2)11-7-16;19-17(22)18(10-15(18)16(21)20-23)13-6-8-14(9-7-13)24-11-12-4-2-1-3-5-12/h4,6,8,10,12-15,24H,3,5,7,9,11,16-18H2,1-2H3;5-13,20H,14-16H2,1-4H3;4-11,19,26H,3,12-14H2,1-2H3,(H,23,24);1-9,15,23H,10-11H2,(H2,19,22)(H,20,21)/t24-,29+;20-,24+;19-,22+;15-,18-/m1011/s1. The highest BCUT2D eigenvalue weighted by molar-refractivity contribution is 7.98. The molecule has 24 heteroatoms. The molecule has 23 nitrogen and oxygen atoms in total. The third-order valence-corrected chi connectivity index (χ3v) is 22.8. The number of nitrogens with two attached hydrogens (primary N) is 1. The van der Waals surface area contributed by atoms with Crippen LogP contribution in [-0.4, -0.2) is 102 Å². The second-order valence-corrected chi connectivity index (χ2v) is 31.9. The van der Waals surface area contributed by atoms with Crippen molar-refractivity contribution in [2.45, 2.75) is 148 Å². The van der Waals surface area contributed by atoms with E-state index in [4.69, 9.17) is 63.8 Å². The summed E-state index contributed by atoms with van der Waals surface area (Å²) >= 11 is 1.70. The van der Waals surface area contributed by atoms with Gasteiger partial charge in [0, 0.05) is 21.5 Å². The third kappa shape index (κ3) is 21.4. The highest BCUT2D eigenvalue weighted by atomic mass is 32.2. The molecule has 0 unspecified atom stereocenters. The van der Waals surface area contributed by atoms with Gasteiger partial charge in [-0.2, -0.15) is 0 Å². The van der Waals surface area contributed by atoms with Crippen LogP contribution in [-0.2, 0) is 126 Å². The van der Waals surface area contributed by atoms with Gasteiger partial charge in [-0.15, -0.1) is 11.8 Å². The second-order valence-electron chi connectivity index (χ2n) is 31.0. The summed E-state index contributed by atoms with van der Waals surface area (Å²) in [5, 5.41) is 18.8. The molecule has 5 aliphatic carbocycles. The van der Waals surface area contributed by atoms with Crippen molar-refractivity contribution in [3.63, 3.8) is 0 Å². The van der Waals surface area contributed by atoms with E-state index in [-0.39, 0.29) is 37.1 Å². The van der Waals surface area contributed by atoms with Crippen LogP contribution in [0.2, 0.25) is 0 Å². The largest absolute Gasteiger partial charge is 0.489 e. The molecule has 0 aliphatic heterocycles. The Labute approximate surface area is 685 Å². The summed E-state index contributed by atoms with van der Waals surface area (Å²) in [7, 11) is 2.71. The van der Waals surface area contributed by atoms with Crippen molar-refractivity contribution in [2.75, 3.05) is 33.7 Å². The van der Waals surface area contributed by atoms with Crippen molar-refractivity contribution < 1.29 is 91.4 Å². The lowest BCUT2D eigenvalue weighted by Gasteiger charge is -2.21. The Morgan fingerprint density at radius 3 is 1.45 bits per heavy atom. The molecular weight excluding hydrogens is 1510 g/mol. The van der Waals surface area contributed by atoms with E-state index in [1.54, 1.807) is 60.8 Å². The summed E-state index contributed by atoms with van der Waals surface area (Å²) in [5.41, 5.74) is 15.9. The van der Waals surface area contributed by atoms with E-state index in [0.29, 0.717) is 82.7 Å². The van der Waals surface area contributed by atoms with E-state index in [0.717, 1.165) is 74.4 Å². The Balaban J connectivity index is 0.000000154. The van der Waals surface area contributed by atoms with E-state index in [1.807, 2.05) is 179 Å². The van der Waals surface area contributed by atoms with Crippen molar-refractivity contribution in [1.29, 1.82) is 0 Å². The van der Waals surface area contributed by atoms with Crippen LogP contribution in [0, 0.1) is 39.9 Å². The van der Waals surface area contributed by atoms with Crippen molar-refractivity contribution in [1.82, 2.24) is 15.9 Å². The molecule has 0 radical (unpaired) electrons. The predicted octanol–water partition coefficient (Wildman–Crippen LogP) is 14.4. The van der Waals surface area contributed by atoms with Crippen molar-refractivity contribution in [3.8, 4) is 23.0 Å². The first kappa shape index (κ1) is 86.3. The Kier molecular flexibility index (Phi) is 28.7. The molecule has 8 atom stereocenters. The minimum absolute atomic E-state index is 0.249. The van der Waals surface area contributed by atoms with Crippen LogP contribution in [0.5, 0.6) is 23.0 Å². The van der Waals surface area contributed by atoms with E-state index in [2.05, 4.69) is 30.3 Å². The Bertz CT molecular complexity index is 4950. The number of hydrogen-bond acceptors (Lipinski definition) is 21. The molecule has 9 aromatic rings. The summed E-state index contributed by atoms with van der Waals surface area (Å²) in [6.07, 6.45) is 9.24. The molecule has 6 N–H and O–H groups in total. The number of aromatic nitrogens is 1. The number of pyridine rings is 1. The molecule has 4 saturated carbocycles. The monoisotopic (exact) mass is 1610 g/mol. The first-order valence-electron chi connectivity index (χ1n) is 39.3. The second kappa shape index (κ2) is 38.9. The van der Waals surface area contributed by atoms with Gasteiger partial charge in [-0.05, 0) is 223 Å². The lowest BCUT2D eigenvalue weighted by molar-refractivity contribution is -0.161. The zero-order chi connectivity index (χ0) is 83.5. The lowest BCUT2D eigenvalue weighted by atomic mass is 9.90. The maximum atomic E-state index is 12.7. The molecule has 1 aromatic heterocycles. The fourth-order valence-corrected chi connectivity index (χ4v) is 15.8. The van der Waals surface area contributed by atoms with Crippen LogP contribution in [0.1, 0.15) is 129 Å². The van der Waals surface area contributed by atoms with E-state index in [9.17, 15) is 38.4 Å². The first-order valence-corrected chi connectivity index (χ1v) is 40.5. The van der Waals surface area contributed by atoms with Crippen LogP contribution in [0.3, 0.4) is 0 Å².